The Bertz CT molecular complexity index is 1410. The van der Waals surface area contributed by atoms with Crippen LogP contribution in [0.1, 0.15) is 42.3 Å². The number of fused-ring (bicyclic) bond motifs is 5. The van der Waals surface area contributed by atoms with E-state index < -0.39 is 0 Å². The molecule has 0 amide bonds. The molecule has 146 valence electrons. The third kappa shape index (κ3) is 2.71. The molecule has 0 unspecified atom stereocenters. The van der Waals surface area contributed by atoms with E-state index in [4.69, 9.17) is 9.40 Å². The van der Waals surface area contributed by atoms with Crippen LogP contribution in [-0.2, 0) is 5.41 Å². The molecule has 0 bridgehead atoms. The van der Waals surface area contributed by atoms with E-state index in [9.17, 15) is 0 Å². The lowest BCUT2D eigenvalue weighted by molar-refractivity contribution is 0.585. The molecule has 0 saturated carbocycles. The van der Waals surface area contributed by atoms with Crippen LogP contribution in [0.25, 0.3) is 43.3 Å². The lowest BCUT2D eigenvalue weighted by Gasteiger charge is -2.22. The van der Waals surface area contributed by atoms with E-state index in [1.165, 1.54) is 37.0 Å². The third-order valence-electron chi connectivity index (χ3n) is 6.00. The van der Waals surface area contributed by atoms with Gasteiger partial charge in [0.1, 0.15) is 5.58 Å². The highest BCUT2D eigenvalue weighted by molar-refractivity contribution is 7.20. The van der Waals surface area contributed by atoms with Crippen LogP contribution in [0.4, 0.5) is 0 Å². The minimum atomic E-state index is 0.0712. The molecule has 0 saturated heterocycles. The Labute approximate surface area is 175 Å². The number of para-hydroxylation sites is 1. The molecule has 5 aromatic rings. The molecule has 29 heavy (non-hydrogen) atoms. The highest BCUT2D eigenvalue weighted by Crippen LogP contribution is 2.42. The highest BCUT2D eigenvalue weighted by Gasteiger charge is 2.20. The fraction of sp³-hybridized carbons (Fsp3) is 0.269. The Hall–Kier alpha value is -2.65. The minimum absolute atomic E-state index is 0.0712. The van der Waals surface area contributed by atoms with Gasteiger partial charge in [0.15, 0.2) is 5.58 Å². The van der Waals surface area contributed by atoms with Gasteiger partial charge in [0, 0.05) is 27.4 Å². The Morgan fingerprint density at radius 2 is 1.62 bits per heavy atom. The summed E-state index contributed by atoms with van der Waals surface area (Å²) in [6.45, 7) is 13.3. The van der Waals surface area contributed by atoms with Gasteiger partial charge < -0.3 is 4.42 Å². The van der Waals surface area contributed by atoms with Crippen molar-refractivity contribution in [3.05, 3.63) is 64.2 Å². The molecule has 0 spiro atoms. The normalized spacial score (nSPS) is 12.5. The monoisotopic (exact) mass is 399 g/mol. The van der Waals surface area contributed by atoms with Crippen molar-refractivity contribution in [2.45, 2.75) is 47.0 Å². The number of benzene rings is 2. The molecule has 5 rings (SSSR count). The molecule has 0 aliphatic heterocycles. The molecule has 0 aliphatic carbocycles. The summed E-state index contributed by atoms with van der Waals surface area (Å²) in [6.07, 6.45) is 1.99. The van der Waals surface area contributed by atoms with Crippen LogP contribution in [0.2, 0.25) is 0 Å². The predicted molar refractivity (Wildman–Crippen MR) is 125 cm³/mol. The number of furan rings is 1. The summed E-state index contributed by atoms with van der Waals surface area (Å²) in [5, 5.41) is 3.63. The van der Waals surface area contributed by atoms with Crippen LogP contribution in [0.5, 0.6) is 0 Å². The number of hydrogen-bond donors (Lipinski definition) is 0. The van der Waals surface area contributed by atoms with Crippen molar-refractivity contribution in [2.75, 3.05) is 0 Å². The number of thiophene rings is 1. The standard InChI is InChI=1S/C26H25NOS/c1-14-13-27-22(12-21(14)26(4,5)6)20-9-7-8-18-19-11-10-17-15(2)16(3)29-25(17)24(19)28-23(18)20/h7-13H,1-6H3. The summed E-state index contributed by atoms with van der Waals surface area (Å²) in [4.78, 5) is 6.12. The zero-order chi connectivity index (χ0) is 20.5. The summed E-state index contributed by atoms with van der Waals surface area (Å²) in [5.74, 6) is 0. The second-order valence-corrected chi connectivity index (χ2v) is 10.2. The van der Waals surface area contributed by atoms with Crippen molar-refractivity contribution in [1.29, 1.82) is 0 Å². The molecule has 3 heteroatoms. The van der Waals surface area contributed by atoms with E-state index >= 15 is 0 Å². The maximum absolute atomic E-state index is 6.55. The molecule has 0 aliphatic rings. The number of rotatable bonds is 1. The van der Waals surface area contributed by atoms with Gasteiger partial charge in [-0.05, 0) is 66.5 Å². The number of hydrogen-bond acceptors (Lipinski definition) is 3. The van der Waals surface area contributed by atoms with Crippen molar-refractivity contribution < 1.29 is 4.42 Å². The number of nitrogens with zero attached hydrogens (tertiary/aromatic N) is 1. The third-order valence-corrected chi connectivity index (χ3v) is 7.22. The first kappa shape index (κ1) is 18.4. The molecule has 3 heterocycles. The summed E-state index contributed by atoms with van der Waals surface area (Å²) >= 11 is 1.82. The lowest BCUT2D eigenvalue weighted by Crippen LogP contribution is -2.13. The van der Waals surface area contributed by atoms with Crippen molar-refractivity contribution in [3.63, 3.8) is 0 Å². The van der Waals surface area contributed by atoms with E-state index in [1.54, 1.807) is 0 Å². The summed E-state index contributed by atoms with van der Waals surface area (Å²) in [7, 11) is 0. The van der Waals surface area contributed by atoms with Crippen LogP contribution in [0.15, 0.2) is 47.0 Å². The van der Waals surface area contributed by atoms with Crippen LogP contribution < -0.4 is 0 Å². The zero-order valence-corrected chi connectivity index (χ0v) is 18.6. The van der Waals surface area contributed by atoms with Gasteiger partial charge in [-0.25, -0.2) is 0 Å². The molecular weight excluding hydrogens is 374 g/mol. The van der Waals surface area contributed by atoms with Crippen molar-refractivity contribution >= 4 is 43.4 Å². The van der Waals surface area contributed by atoms with Gasteiger partial charge in [-0.15, -0.1) is 11.3 Å². The summed E-state index contributed by atoms with van der Waals surface area (Å²) in [6, 6.07) is 13.1. The topological polar surface area (TPSA) is 26.0 Å². The Morgan fingerprint density at radius 1 is 0.897 bits per heavy atom. The lowest BCUT2D eigenvalue weighted by atomic mass is 9.84. The molecule has 0 radical (unpaired) electrons. The SMILES string of the molecule is Cc1cnc(-c2cccc3c2oc2c3ccc3c(C)c(C)sc32)cc1C(C)(C)C. The maximum atomic E-state index is 6.55. The Balaban J connectivity index is 1.83. The fourth-order valence-electron chi connectivity index (χ4n) is 4.33. The number of aryl methyl sites for hydroxylation is 3. The van der Waals surface area contributed by atoms with Crippen molar-refractivity contribution in [1.82, 2.24) is 4.98 Å². The second kappa shape index (κ2) is 6.17. The molecule has 0 N–H and O–H groups in total. The fourth-order valence-corrected chi connectivity index (χ4v) is 5.48. The first-order valence-corrected chi connectivity index (χ1v) is 10.9. The van der Waals surface area contributed by atoms with Crippen LogP contribution in [0.3, 0.4) is 0 Å². The molecular formula is C26H25NOS. The Kier molecular flexibility index (Phi) is 3.91. The molecule has 2 aromatic carbocycles. The van der Waals surface area contributed by atoms with Gasteiger partial charge >= 0.3 is 0 Å². The highest BCUT2D eigenvalue weighted by atomic mass is 32.1. The molecule has 0 fully saturated rings. The van der Waals surface area contributed by atoms with Gasteiger partial charge in [0.05, 0.1) is 10.4 Å². The van der Waals surface area contributed by atoms with E-state index in [-0.39, 0.29) is 5.41 Å². The van der Waals surface area contributed by atoms with E-state index in [0.29, 0.717) is 0 Å². The van der Waals surface area contributed by atoms with Crippen LogP contribution in [0, 0.1) is 20.8 Å². The number of aromatic nitrogens is 1. The molecule has 2 nitrogen and oxygen atoms in total. The zero-order valence-electron chi connectivity index (χ0n) is 17.8. The molecule has 0 atom stereocenters. The van der Waals surface area contributed by atoms with Crippen molar-refractivity contribution in [3.8, 4) is 11.3 Å². The first-order valence-electron chi connectivity index (χ1n) is 10.1. The Morgan fingerprint density at radius 3 is 2.38 bits per heavy atom. The maximum Gasteiger partial charge on any atom is 0.153 e. The van der Waals surface area contributed by atoms with Gasteiger partial charge in [-0.2, -0.15) is 0 Å². The predicted octanol–water partition coefficient (Wildman–Crippen LogP) is 8.09. The van der Waals surface area contributed by atoms with Crippen LogP contribution in [-0.4, -0.2) is 4.98 Å². The minimum Gasteiger partial charge on any atom is -0.454 e. The largest absolute Gasteiger partial charge is 0.454 e. The van der Waals surface area contributed by atoms with E-state index in [0.717, 1.165) is 27.8 Å². The van der Waals surface area contributed by atoms with Gasteiger partial charge in [0.2, 0.25) is 0 Å². The quantitative estimate of drug-likeness (QED) is 0.285. The molecule has 3 aromatic heterocycles. The van der Waals surface area contributed by atoms with Gasteiger partial charge in [0.25, 0.3) is 0 Å². The van der Waals surface area contributed by atoms with Gasteiger partial charge in [-0.3, -0.25) is 4.98 Å². The van der Waals surface area contributed by atoms with Gasteiger partial charge in [-0.1, -0.05) is 39.0 Å². The summed E-state index contributed by atoms with van der Waals surface area (Å²) < 4.78 is 7.79. The van der Waals surface area contributed by atoms with E-state index in [2.05, 4.69) is 77.9 Å². The van der Waals surface area contributed by atoms with Crippen LogP contribution >= 0.6 is 11.3 Å². The number of pyridine rings is 1. The average Bonchev–Trinajstić information content (AvgIpc) is 3.19. The summed E-state index contributed by atoms with van der Waals surface area (Å²) in [5.41, 5.74) is 7.92. The average molecular weight is 400 g/mol. The van der Waals surface area contributed by atoms with E-state index in [1.807, 2.05) is 17.5 Å². The first-order chi connectivity index (χ1) is 13.8. The second-order valence-electron chi connectivity index (χ2n) is 9.02. The van der Waals surface area contributed by atoms with Crippen molar-refractivity contribution in [2.24, 2.45) is 0 Å². The smallest absolute Gasteiger partial charge is 0.153 e.